The predicted octanol–water partition coefficient (Wildman–Crippen LogP) is 3.05. The summed E-state index contributed by atoms with van der Waals surface area (Å²) >= 11 is 0. The SMILES string of the molecule is OC1=CCC=CC=C1C(O)c1ccccc1. The van der Waals surface area contributed by atoms with Crippen LogP contribution >= 0.6 is 0 Å². The number of hydrogen-bond acceptors (Lipinski definition) is 2. The Bertz CT molecular complexity index is 441. The van der Waals surface area contributed by atoms with Crippen LogP contribution in [0.5, 0.6) is 0 Å². The average molecular weight is 214 g/mol. The molecule has 1 unspecified atom stereocenters. The minimum atomic E-state index is -0.778. The molecule has 82 valence electrons. The van der Waals surface area contributed by atoms with Crippen LogP contribution in [-0.2, 0) is 0 Å². The molecule has 0 aromatic heterocycles. The maximum atomic E-state index is 10.1. The lowest BCUT2D eigenvalue weighted by molar-refractivity contribution is 0.207. The molecule has 2 N–H and O–H groups in total. The van der Waals surface area contributed by atoms with Crippen molar-refractivity contribution in [2.24, 2.45) is 0 Å². The first-order chi connectivity index (χ1) is 7.79. The molecule has 0 amide bonds. The Hall–Kier alpha value is -1.80. The fourth-order valence-electron chi connectivity index (χ4n) is 1.68. The number of allylic oxidation sites excluding steroid dienone is 4. The van der Waals surface area contributed by atoms with Gasteiger partial charge in [0.05, 0.1) is 0 Å². The predicted molar refractivity (Wildman–Crippen MR) is 64.0 cm³/mol. The Labute approximate surface area is 94.9 Å². The molecule has 0 fully saturated rings. The van der Waals surface area contributed by atoms with E-state index in [1.165, 1.54) is 0 Å². The molecule has 1 aromatic carbocycles. The molecule has 0 bridgehead atoms. The summed E-state index contributed by atoms with van der Waals surface area (Å²) in [5.41, 5.74) is 1.32. The molecular formula is C14H14O2. The fraction of sp³-hybridized carbons (Fsp3) is 0.143. The number of aliphatic hydroxyl groups excluding tert-OH is 2. The number of rotatable bonds is 2. The Morgan fingerprint density at radius 3 is 2.62 bits per heavy atom. The van der Waals surface area contributed by atoms with Gasteiger partial charge in [0, 0.05) is 5.57 Å². The molecular weight excluding hydrogens is 200 g/mol. The van der Waals surface area contributed by atoms with Gasteiger partial charge in [0.25, 0.3) is 0 Å². The van der Waals surface area contributed by atoms with Gasteiger partial charge >= 0.3 is 0 Å². The van der Waals surface area contributed by atoms with Gasteiger partial charge in [-0.15, -0.1) is 0 Å². The van der Waals surface area contributed by atoms with E-state index in [2.05, 4.69) is 0 Å². The second-order valence-electron chi connectivity index (χ2n) is 3.69. The largest absolute Gasteiger partial charge is 0.508 e. The number of hydrogen-bond donors (Lipinski definition) is 2. The smallest absolute Gasteiger partial charge is 0.118 e. The first kappa shape index (κ1) is 10.7. The molecule has 1 aliphatic carbocycles. The van der Waals surface area contributed by atoms with Crippen molar-refractivity contribution in [3.63, 3.8) is 0 Å². The molecule has 1 aromatic rings. The molecule has 2 rings (SSSR count). The van der Waals surface area contributed by atoms with Crippen LogP contribution in [0, 0.1) is 0 Å². The number of benzene rings is 1. The second kappa shape index (κ2) is 4.81. The lowest BCUT2D eigenvalue weighted by atomic mass is 10.00. The highest BCUT2D eigenvalue weighted by atomic mass is 16.3. The maximum absolute atomic E-state index is 10.1. The fourth-order valence-corrected chi connectivity index (χ4v) is 1.68. The summed E-state index contributed by atoms with van der Waals surface area (Å²) in [5, 5.41) is 19.9. The lowest BCUT2D eigenvalue weighted by Gasteiger charge is -2.14. The highest BCUT2D eigenvalue weighted by Gasteiger charge is 2.16. The van der Waals surface area contributed by atoms with Crippen molar-refractivity contribution in [2.75, 3.05) is 0 Å². The minimum Gasteiger partial charge on any atom is -0.508 e. The zero-order valence-electron chi connectivity index (χ0n) is 8.88. The standard InChI is InChI=1S/C14H14O2/c15-13-10-6-2-5-9-12(13)14(16)11-7-3-1-4-8-11/h1-5,7-10,14-16H,6H2. The summed E-state index contributed by atoms with van der Waals surface area (Å²) in [7, 11) is 0. The van der Waals surface area contributed by atoms with Crippen LogP contribution < -0.4 is 0 Å². The first-order valence-corrected chi connectivity index (χ1v) is 5.28. The van der Waals surface area contributed by atoms with Crippen LogP contribution in [0.4, 0.5) is 0 Å². The van der Waals surface area contributed by atoms with E-state index in [1.807, 2.05) is 42.5 Å². The maximum Gasteiger partial charge on any atom is 0.118 e. The lowest BCUT2D eigenvalue weighted by Crippen LogP contribution is -2.03. The van der Waals surface area contributed by atoms with E-state index >= 15 is 0 Å². The van der Waals surface area contributed by atoms with E-state index in [-0.39, 0.29) is 5.76 Å². The van der Waals surface area contributed by atoms with E-state index in [0.29, 0.717) is 12.0 Å². The van der Waals surface area contributed by atoms with Crippen molar-refractivity contribution in [3.05, 3.63) is 71.5 Å². The topological polar surface area (TPSA) is 40.5 Å². The molecule has 1 aliphatic rings. The molecule has 1 atom stereocenters. The third-order valence-electron chi connectivity index (χ3n) is 2.56. The van der Waals surface area contributed by atoms with Crippen molar-refractivity contribution >= 4 is 0 Å². The highest BCUT2D eigenvalue weighted by Crippen LogP contribution is 2.27. The summed E-state index contributed by atoms with van der Waals surface area (Å²) in [6.07, 6.45) is 7.13. The normalized spacial score (nSPS) is 17.3. The van der Waals surface area contributed by atoms with Crippen molar-refractivity contribution in [1.82, 2.24) is 0 Å². The van der Waals surface area contributed by atoms with Crippen molar-refractivity contribution in [1.29, 1.82) is 0 Å². The highest BCUT2D eigenvalue weighted by molar-refractivity contribution is 5.39. The van der Waals surface area contributed by atoms with E-state index in [1.54, 1.807) is 12.2 Å². The van der Waals surface area contributed by atoms with Crippen molar-refractivity contribution < 1.29 is 10.2 Å². The van der Waals surface area contributed by atoms with Crippen LogP contribution in [-0.4, -0.2) is 10.2 Å². The molecule has 0 saturated heterocycles. The van der Waals surface area contributed by atoms with Gasteiger partial charge in [-0.05, 0) is 18.1 Å². The molecule has 0 heterocycles. The molecule has 2 nitrogen and oxygen atoms in total. The van der Waals surface area contributed by atoms with Crippen molar-refractivity contribution in [3.8, 4) is 0 Å². The van der Waals surface area contributed by atoms with Gasteiger partial charge in [-0.25, -0.2) is 0 Å². The minimum absolute atomic E-state index is 0.154. The Kier molecular flexibility index (Phi) is 3.22. The van der Waals surface area contributed by atoms with Crippen LogP contribution in [0.3, 0.4) is 0 Å². The van der Waals surface area contributed by atoms with E-state index in [4.69, 9.17) is 0 Å². The van der Waals surface area contributed by atoms with E-state index in [0.717, 1.165) is 5.56 Å². The Morgan fingerprint density at radius 1 is 1.12 bits per heavy atom. The monoisotopic (exact) mass is 214 g/mol. The third kappa shape index (κ3) is 2.23. The Balaban J connectivity index is 2.31. The van der Waals surface area contributed by atoms with Crippen LogP contribution in [0.2, 0.25) is 0 Å². The van der Waals surface area contributed by atoms with E-state index in [9.17, 15) is 10.2 Å². The van der Waals surface area contributed by atoms with Gasteiger partial charge in [-0.3, -0.25) is 0 Å². The van der Waals surface area contributed by atoms with Crippen LogP contribution in [0.1, 0.15) is 18.1 Å². The molecule has 0 radical (unpaired) electrons. The summed E-state index contributed by atoms with van der Waals surface area (Å²) in [6, 6.07) is 9.31. The molecule has 16 heavy (non-hydrogen) atoms. The van der Waals surface area contributed by atoms with Gasteiger partial charge in [0.2, 0.25) is 0 Å². The van der Waals surface area contributed by atoms with Gasteiger partial charge in [0.1, 0.15) is 11.9 Å². The summed E-state index contributed by atoms with van der Waals surface area (Å²) in [4.78, 5) is 0. The molecule has 0 saturated carbocycles. The van der Waals surface area contributed by atoms with E-state index < -0.39 is 6.10 Å². The van der Waals surface area contributed by atoms with Crippen LogP contribution in [0.15, 0.2) is 66.0 Å². The quantitative estimate of drug-likeness (QED) is 0.794. The van der Waals surface area contributed by atoms with Gasteiger partial charge in [0.15, 0.2) is 0 Å². The summed E-state index contributed by atoms with van der Waals surface area (Å²) < 4.78 is 0. The zero-order valence-corrected chi connectivity index (χ0v) is 8.88. The van der Waals surface area contributed by atoms with Gasteiger partial charge < -0.3 is 10.2 Å². The summed E-state index contributed by atoms with van der Waals surface area (Å²) in [5.74, 6) is 0.154. The average Bonchev–Trinajstić information content (AvgIpc) is 2.54. The van der Waals surface area contributed by atoms with Crippen molar-refractivity contribution in [2.45, 2.75) is 12.5 Å². The summed E-state index contributed by atoms with van der Waals surface area (Å²) in [6.45, 7) is 0. The number of aliphatic hydroxyl groups is 2. The molecule has 2 heteroatoms. The Morgan fingerprint density at radius 2 is 1.88 bits per heavy atom. The van der Waals surface area contributed by atoms with Crippen LogP contribution in [0.25, 0.3) is 0 Å². The zero-order chi connectivity index (χ0) is 11.4. The molecule has 0 aliphatic heterocycles. The van der Waals surface area contributed by atoms with Gasteiger partial charge in [-0.1, -0.05) is 48.6 Å². The van der Waals surface area contributed by atoms with Gasteiger partial charge in [-0.2, -0.15) is 0 Å². The second-order valence-corrected chi connectivity index (χ2v) is 3.69. The third-order valence-corrected chi connectivity index (χ3v) is 2.56. The molecule has 0 spiro atoms. The first-order valence-electron chi connectivity index (χ1n) is 5.28.